The predicted molar refractivity (Wildman–Crippen MR) is 224 cm³/mol. The number of carbonyl (C=O) groups is 2. The second kappa shape index (κ2) is 18.6. The molecule has 1 aliphatic carbocycles. The first-order valence-electron chi connectivity index (χ1n) is 19.8. The molecule has 14 heteroatoms. The highest BCUT2D eigenvalue weighted by molar-refractivity contribution is 7.97. The van der Waals surface area contributed by atoms with E-state index in [1.807, 2.05) is 42.5 Å². The van der Waals surface area contributed by atoms with Gasteiger partial charge in [0.15, 0.2) is 24.2 Å². The van der Waals surface area contributed by atoms with Gasteiger partial charge in [0.2, 0.25) is 0 Å². The van der Waals surface area contributed by atoms with Crippen LogP contribution in [0.2, 0.25) is 0 Å². The Labute approximate surface area is 333 Å². The van der Waals surface area contributed by atoms with E-state index in [0.29, 0.717) is 47.7 Å². The Morgan fingerprint density at radius 1 is 1.00 bits per heavy atom. The molecule has 0 bridgehead atoms. The van der Waals surface area contributed by atoms with Crippen LogP contribution in [0.15, 0.2) is 45.1 Å². The van der Waals surface area contributed by atoms with Crippen molar-refractivity contribution in [3.05, 3.63) is 58.4 Å². The molecule has 56 heavy (non-hydrogen) atoms. The first-order chi connectivity index (χ1) is 27.0. The zero-order chi connectivity index (χ0) is 40.0. The third-order valence-electron chi connectivity index (χ3n) is 11.9. The monoisotopic (exact) mass is 792 g/mol. The van der Waals surface area contributed by atoms with Crippen LogP contribution >= 0.6 is 11.9 Å². The van der Waals surface area contributed by atoms with Crippen molar-refractivity contribution in [3.63, 3.8) is 0 Å². The number of nitrogens with one attached hydrogen (secondary N) is 1. The summed E-state index contributed by atoms with van der Waals surface area (Å²) in [4.78, 5) is 41.1. The smallest absolute Gasteiger partial charge is 0.167 e. The minimum absolute atomic E-state index is 0.0690. The molecular weight excluding hydrogens is 738 g/mol. The Balaban J connectivity index is 0.879. The van der Waals surface area contributed by atoms with Crippen molar-refractivity contribution in [2.45, 2.75) is 76.6 Å². The fraction of sp³-hybridized carbons (Fsp3) is 0.548. The lowest BCUT2D eigenvalue weighted by Gasteiger charge is -2.60. The van der Waals surface area contributed by atoms with E-state index in [4.69, 9.17) is 0 Å². The molecule has 2 aromatic carbocycles. The molecule has 302 valence electrons. The van der Waals surface area contributed by atoms with E-state index in [2.05, 4.69) is 42.9 Å². The summed E-state index contributed by atoms with van der Waals surface area (Å²) in [6.07, 6.45) is 8.91. The molecule has 4 aliphatic rings. The van der Waals surface area contributed by atoms with Crippen LogP contribution in [0.5, 0.6) is 0 Å². The number of hydrogen-bond donors (Lipinski definition) is 1. The van der Waals surface area contributed by atoms with Crippen molar-refractivity contribution >= 4 is 66.9 Å². The molecule has 0 unspecified atom stereocenters. The summed E-state index contributed by atoms with van der Waals surface area (Å²) in [5.74, 6) is -1.06. The maximum absolute atomic E-state index is 15.3. The molecule has 0 radical (unpaired) electrons. The summed E-state index contributed by atoms with van der Waals surface area (Å²) in [6, 6.07) is 5.92. The minimum atomic E-state index is -0.688. The molecule has 1 saturated carbocycles. The van der Waals surface area contributed by atoms with Gasteiger partial charge >= 0.3 is 0 Å². The van der Waals surface area contributed by atoms with Gasteiger partial charge in [0, 0.05) is 78.7 Å². The van der Waals surface area contributed by atoms with Crippen LogP contribution in [-0.2, 0) is 0 Å². The van der Waals surface area contributed by atoms with E-state index in [9.17, 15) is 14.0 Å². The van der Waals surface area contributed by atoms with Crippen LogP contribution < -0.4 is 15.1 Å². The van der Waals surface area contributed by atoms with Gasteiger partial charge in [-0.05, 0) is 116 Å². The Bertz CT molecular complexity index is 1810. The van der Waals surface area contributed by atoms with Gasteiger partial charge in [0.1, 0.15) is 17.2 Å². The van der Waals surface area contributed by atoms with Crippen LogP contribution in [0.25, 0.3) is 5.70 Å². The highest BCUT2D eigenvalue weighted by atomic mass is 32.2. The molecule has 10 nitrogen and oxygen atoms in total. The third-order valence-corrected chi connectivity index (χ3v) is 13.3. The lowest BCUT2D eigenvalue weighted by atomic mass is 9.57. The lowest BCUT2D eigenvalue weighted by Crippen LogP contribution is -2.63. The fourth-order valence-electron chi connectivity index (χ4n) is 9.05. The van der Waals surface area contributed by atoms with E-state index >= 15 is 8.78 Å². The molecule has 2 aromatic rings. The highest BCUT2D eigenvalue weighted by Gasteiger charge is 2.53. The Morgan fingerprint density at radius 3 is 2.29 bits per heavy atom. The summed E-state index contributed by atoms with van der Waals surface area (Å²) in [7, 11) is 0. The first-order valence-corrected chi connectivity index (χ1v) is 20.6. The molecule has 3 saturated heterocycles. The van der Waals surface area contributed by atoms with Gasteiger partial charge < -0.3 is 14.7 Å². The number of aliphatic imine (C=N–C) groups is 3. The van der Waals surface area contributed by atoms with E-state index in [1.165, 1.54) is 31.0 Å². The van der Waals surface area contributed by atoms with E-state index in [0.717, 1.165) is 77.7 Å². The average Bonchev–Trinajstić information content (AvgIpc) is 3.15. The van der Waals surface area contributed by atoms with Gasteiger partial charge in [-0.25, -0.2) is 13.2 Å². The zero-order valence-corrected chi connectivity index (χ0v) is 33.7. The number of aldehydes is 2. The largest absolute Gasteiger partial charge is 0.368 e. The fourth-order valence-corrected chi connectivity index (χ4v) is 10.3. The predicted octanol–water partition coefficient (Wildman–Crippen LogP) is 7.61. The maximum Gasteiger partial charge on any atom is 0.167 e. The number of nitrogens with zero attached hydrogens (tertiary/aromatic N) is 7. The molecule has 4 fully saturated rings. The number of anilines is 2. The van der Waals surface area contributed by atoms with Gasteiger partial charge in [0.05, 0.1) is 24.3 Å². The third kappa shape index (κ3) is 9.46. The average molecular weight is 793 g/mol. The van der Waals surface area contributed by atoms with Gasteiger partial charge in [-0.15, -0.1) is 0 Å². The van der Waals surface area contributed by atoms with Crippen molar-refractivity contribution in [3.8, 4) is 0 Å². The van der Waals surface area contributed by atoms with Crippen molar-refractivity contribution in [1.29, 1.82) is 0 Å². The number of likely N-dealkylation sites (tertiary alicyclic amines) is 1. The van der Waals surface area contributed by atoms with Crippen LogP contribution in [0, 0.1) is 23.0 Å². The molecule has 6 rings (SSSR count). The van der Waals surface area contributed by atoms with Crippen molar-refractivity contribution in [2.75, 3.05) is 68.8 Å². The summed E-state index contributed by atoms with van der Waals surface area (Å²) < 4.78 is 47.5. The maximum atomic E-state index is 15.3. The SMILES string of the molecule is C=N/C(=C(F)\C=N/CNC1CCN(SC2CCN(CC3CC4(C3)CN(c3cc(C=O)c(C=O)cc3F)C4)CC2)CC1)c1cc(F)c(N=C)c(N(CC)C(C)C)c1. The van der Waals surface area contributed by atoms with Crippen LogP contribution in [0.3, 0.4) is 0 Å². The van der Waals surface area contributed by atoms with Gasteiger partial charge in [-0.2, -0.15) is 0 Å². The van der Waals surface area contributed by atoms with E-state index < -0.39 is 17.5 Å². The summed E-state index contributed by atoms with van der Waals surface area (Å²) in [5.41, 5.74) is 1.83. The number of piperidine rings is 2. The second-order valence-corrected chi connectivity index (χ2v) is 17.4. The zero-order valence-electron chi connectivity index (χ0n) is 32.9. The van der Waals surface area contributed by atoms with Crippen LogP contribution in [-0.4, -0.2) is 118 Å². The van der Waals surface area contributed by atoms with Crippen molar-refractivity contribution in [2.24, 2.45) is 26.3 Å². The minimum Gasteiger partial charge on any atom is -0.368 e. The van der Waals surface area contributed by atoms with E-state index in [-0.39, 0.29) is 46.2 Å². The number of allylic oxidation sites excluding steroid dienone is 1. The van der Waals surface area contributed by atoms with Crippen LogP contribution in [0.4, 0.5) is 30.2 Å². The van der Waals surface area contributed by atoms with Gasteiger partial charge in [-0.1, -0.05) is 11.9 Å². The quantitative estimate of drug-likeness (QED) is 0.0995. The van der Waals surface area contributed by atoms with Crippen molar-refractivity contribution < 1.29 is 22.8 Å². The molecule has 3 aliphatic heterocycles. The number of rotatable bonds is 17. The molecule has 0 aromatic heterocycles. The molecular formula is C42H55F3N8O2S. The molecule has 0 atom stereocenters. The second-order valence-electron chi connectivity index (χ2n) is 16.0. The Hall–Kier alpha value is -3.85. The van der Waals surface area contributed by atoms with Gasteiger partial charge in [0.25, 0.3) is 0 Å². The van der Waals surface area contributed by atoms with Crippen LogP contribution in [0.1, 0.15) is 85.6 Å². The first kappa shape index (κ1) is 41.8. The normalized spacial score (nSPS) is 20.2. The summed E-state index contributed by atoms with van der Waals surface area (Å²) in [5, 5.41) is 4.05. The molecule has 1 spiro atoms. The summed E-state index contributed by atoms with van der Waals surface area (Å²) in [6.45, 7) is 20.8. The highest BCUT2D eigenvalue weighted by Crippen LogP contribution is 2.53. The lowest BCUT2D eigenvalue weighted by molar-refractivity contribution is 0.00109. The van der Waals surface area contributed by atoms with Crippen molar-refractivity contribution in [1.82, 2.24) is 14.5 Å². The molecule has 0 amide bonds. The number of carbonyl (C=O) groups excluding carboxylic acids is 2. The Kier molecular flexibility index (Phi) is 13.9. The number of halogens is 3. The number of benzene rings is 2. The molecule has 3 heterocycles. The topological polar surface area (TPSA) is 96.2 Å². The van der Waals surface area contributed by atoms with E-state index in [1.54, 1.807) is 6.07 Å². The standard InChI is InChI=1S/C42H55F3N8O2S/c1-6-53(28(2)3)39-17-30(15-36(44)41(39)47-5)40(46-4)37(45)21-48-27-49-33-7-13-52(14-8-33)56-34-9-11-50(12-10-34)22-29-19-42(20-29)25-51(26-42)38-18-32(24-55)31(23-54)16-35(38)43/h15-18,21,23-24,28-29,33-34,49H,4-14,19-20,22,25-27H2,1-3H3/b40-37+,48-21-. The Morgan fingerprint density at radius 2 is 1.68 bits per heavy atom. The number of hydrogen-bond acceptors (Lipinski definition) is 11. The summed E-state index contributed by atoms with van der Waals surface area (Å²) >= 11 is 2.01. The molecule has 1 N–H and O–H groups in total. The van der Waals surface area contributed by atoms with Gasteiger partial charge in [-0.3, -0.25) is 34.2 Å².